The number of aryl methyl sites for hydroxylation is 2. The molecule has 0 bridgehead atoms. The van der Waals surface area contributed by atoms with E-state index < -0.39 is 17.7 Å². The van der Waals surface area contributed by atoms with Gasteiger partial charge in [0.1, 0.15) is 5.69 Å². The number of nitrogens with zero attached hydrogens (tertiary/aromatic N) is 1. The van der Waals surface area contributed by atoms with E-state index in [0.29, 0.717) is 17.6 Å². The van der Waals surface area contributed by atoms with Crippen LogP contribution in [0.1, 0.15) is 41.9 Å². The predicted molar refractivity (Wildman–Crippen MR) is 126 cm³/mol. The predicted octanol–water partition coefficient (Wildman–Crippen LogP) is 4.26. The standard InChI is InChI=1S/C23H25BrN4O3/c1-5-15(4)25-22(30)23(31)27-28-19-7-6-17(24)11-16(19)12-20(28)21(29)26-18-9-13(2)8-14(3)10-18/h6-12,15H,5H2,1-4H3,(H,25,30)(H,26,29)(H,27,31)/t15-/m1/s1. The average Bonchev–Trinajstić information content (AvgIpc) is 3.04. The molecule has 0 radical (unpaired) electrons. The molecule has 3 amide bonds. The van der Waals surface area contributed by atoms with Crippen LogP contribution in [0.4, 0.5) is 5.69 Å². The molecule has 3 aromatic rings. The van der Waals surface area contributed by atoms with E-state index >= 15 is 0 Å². The van der Waals surface area contributed by atoms with Crippen LogP contribution in [0.3, 0.4) is 0 Å². The molecule has 0 saturated heterocycles. The monoisotopic (exact) mass is 484 g/mol. The van der Waals surface area contributed by atoms with Crippen LogP contribution in [0.25, 0.3) is 10.9 Å². The van der Waals surface area contributed by atoms with Crippen molar-refractivity contribution in [3.63, 3.8) is 0 Å². The third-order valence-corrected chi connectivity index (χ3v) is 5.38. The van der Waals surface area contributed by atoms with Crippen LogP contribution in [-0.2, 0) is 9.59 Å². The molecular weight excluding hydrogens is 460 g/mol. The van der Waals surface area contributed by atoms with Crippen LogP contribution >= 0.6 is 15.9 Å². The molecule has 2 aromatic carbocycles. The molecule has 0 fully saturated rings. The second kappa shape index (κ2) is 9.34. The Balaban J connectivity index is 1.95. The van der Waals surface area contributed by atoms with Crippen molar-refractivity contribution in [1.82, 2.24) is 9.99 Å². The van der Waals surface area contributed by atoms with E-state index in [9.17, 15) is 14.4 Å². The lowest BCUT2D eigenvalue weighted by Gasteiger charge is -2.15. The summed E-state index contributed by atoms with van der Waals surface area (Å²) < 4.78 is 2.18. The Morgan fingerprint density at radius 3 is 2.32 bits per heavy atom. The fraction of sp³-hybridized carbons (Fsp3) is 0.261. The summed E-state index contributed by atoms with van der Waals surface area (Å²) >= 11 is 3.42. The van der Waals surface area contributed by atoms with Gasteiger partial charge >= 0.3 is 11.8 Å². The number of hydrogen-bond acceptors (Lipinski definition) is 3. The molecule has 1 atom stereocenters. The molecule has 162 valence electrons. The highest BCUT2D eigenvalue weighted by molar-refractivity contribution is 9.10. The van der Waals surface area contributed by atoms with Crippen molar-refractivity contribution in [1.29, 1.82) is 0 Å². The van der Waals surface area contributed by atoms with Gasteiger partial charge in [0.25, 0.3) is 5.91 Å². The molecule has 0 aliphatic rings. The summed E-state index contributed by atoms with van der Waals surface area (Å²) in [6.07, 6.45) is 0.697. The number of aromatic nitrogens is 1. The smallest absolute Gasteiger partial charge is 0.328 e. The van der Waals surface area contributed by atoms with Gasteiger partial charge in [-0.2, -0.15) is 0 Å². The number of carbonyl (C=O) groups excluding carboxylic acids is 3. The topological polar surface area (TPSA) is 92.2 Å². The van der Waals surface area contributed by atoms with E-state index in [2.05, 4.69) is 32.0 Å². The van der Waals surface area contributed by atoms with Crippen LogP contribution in [0, 0.1) is 13.8 Å². The van der Waals surface area contributed by atoms with Crippen LogP contribution in [-0.4, -0.2) is 28.4 Å². The molecule has 31 heavy (non-hydrogen) atoms. The fourth-order valence-corrected chi connectivity index (χ4v) is 3.64. The minimum absolute atomic E-state index is 0.136. The van der Waals surface area contributed by atoms with E-state index in [1.165, 1.54) is 4.68 Å². The van der Waals surface area contributed by atoms with Gasteiger partial charge in [-0.05, 0) is 74.7 Å². The number of anilines is 1. The summed E-state index contributed by atoms with van der Waals surface area (Å²) in [5, 5.41) is 6.24. The SMILES string of the molecule is CC[C@@H](C)NC(=O)C(=O)Nn1c(C(=O)Nc2cc(C)cc(C)c2)cc2cc(Br)ccc21. The Morgan fingerprint density at radius 1 is 1.00 bits per heavy atom. The number of rotatable bonds is 5. The van der Waals surface area contributed by atoms with Gasteiger partial charge in [0.05, 0.1) is 5.52 Å². The van der Waals surface area contributed by atoms with Crippen molar-refractivity contribution in [3.05, 3.63) is 63.8 Å². The molecule has 1 heterocycles. The number of carbonyl (C=O) groups is 3. The van der Waals surface area contributed by atoms with E-state index in [1.807, 2.05) is 52.0 Å². The van der Waals surface area contributed by atoms with Gasteiger partial charge in [-0.3, -0.25) is 19.8 Å². The summed E-state index contributed by atoms with van der Waals surface area (Å²) in [5.74, 6) is -2.00. The van der Waals surface area contributed by atoms with Crippen LogP contribution in [0.15, 0.2) is 46.9 Å². The second-order valence-corrected chi connectivity index (χ2v) is 8.54. The van der Waals surface area contributed by atoms with Gasteiger partial charge in [0.15, 0.2) is 0 Å². The molecule has 0 aliphatic heterocycles. The van der Waals surface area contributed by atoms with E-state index in [4.69, 9.17) is 0 Å². The van der Waals surface area contributed by atoms with Crippen molar-refractivity contribution in [3.8, 4) is 0 Å². The summed E-state index contributed by atoms with van der Waals surface area (Å²) in [6, 6.07) is 12.7. The van der Waals surface area contributed by atoms with Gasteiger partial charge in [0, 0.05) is 21.6 Å². The van der Waals surface area contributed by atoms with Crippen molar-refractivity contribution in [2.24, 2.45) is 0 Å². The summed E-state index contributed by atoms with van der Waals surface area (Å²) in [5.41, 5.74) is 6.06. The Bertz CT molecular complexity index is 1150. The molecule has 8 heteroatoms. The Morgan fingerprint density at radius 2 is 1.68 bits per heavy atom. The first-order chi connectivity index (χ1) is 14.7. The zero-order chi connectivity index (χ0) is 22.7. The van der Waals surface area contributed by atoms with E-state index in [0.717, 1.165) is 21.0 Å². The molecule has 1 aromatic heterocycles. The number of hydrogen-bond donors (Lipinski definition) is 3. The van der Waals surface area contributed by atoms with Gasteiger partial charge < -0.3 is 10.6 Å². The van der Waals surface area contributed by atoms with E-state index in [-0.39, 0.29) is 11.7 Å². The third kappa shape index (κ3) is 5.32. The molecule has 0 aliphatic carbocycles. The summed E-state index contributed by atoms with van der Waals surface area (Å²) in [4.78, 5) is 37.8. The molecule has 3 rings (SSSR count). The first-order valence-corrected chi connectivity index (χ1v) is 10.8. The van der Waals surface area contributed by atoms with Crippen molar-refractivity contribution < 1.29 is 14.4 Å². The quantitative estimate of drug-likeness (QED) is 0.472. The van der Waals surface area contributed by atoms with Crippen molar-refractivity contribution >= 4 is 50.2 Å². The van der Waals surface area contributed by atoms with Crippen molar-refractivity contribution in [2.75, 3.05) is 10.7 Å². The Labute approximate surface area is 189 Å². The highest BCUT2D eigenvalue weighted by Crippen LogP contribution is 2.24. The maximum absolute atomic E-state index is 13.1. The lowest BCUT2D eigenvalue weighted by atomic mass is 10.1. The highest BCUT2D eigenvalue weighted by atomic mass is 79.9. The Hall–Kier alpha value is -3.13. The third-order valence-electron chi connectivity index (χ3n) is 4.89. The molecule has 0 saturated carbocycles. The Kier molecular flexibility index (Phi) is 6.80. The molecule has 7 nitrogen and oxygen atoms in total. The number of benzene rings is 2. The van der Waals surface area contributed by atoms with Crippen LogP contribution in [0.5, 0.6) is 0 Å². The lowest BCUT2D eigenvalue weighted by Crippen LogP contribution is -2.43. The van der Waals surface area contributed by atoms with Gasteiger partial charge in [-0.1, -0.05) is 28.9 Å². The maximum atomic E-state index is 13.1. The summed E-state index contributed by atoms with van der Waals surface area (Å²) in [6.45, 7) is 7.63. The second-order valence-electron chi connectivity index (χ2n) is 7.62. The number of nitrogens with one attached hydrogen (secondary N) is 3. The zero-order valence-corrected chi connectivity index (χ0v) is 19.5. The molecule has 0 unspecified atom stereocenters. The number of amides is 3. The van der Waals surface area contributed by atoms with Crippen molar-refractivity contribution in [2.45, 2.75) is 40.2 Å². The first kappa shape index (κ1) is 22.6. The number of fused-ring (bicyclic) bond motifs is 1. The average molecular weight is 485 g/mol. The minimum atomic E-state index is -0.846. The number of halogens is 1. The van der Waals surface area contributed by atoms with Crippen LogP contribution in [0.2, 0.25) is 0 Å². The van der Waals surface area contributed by atoms with Crippen LogP contribution < -0.4 is 16.1 Å². The first-order valence-electron chi connectivity index (χ1n) is 10.0. The van der Waals surface area contributed by atoms with Gasteiger partial charge in [-0.15, -0.1) is 0 Å². The van der Waals surface area contributed by atoms with Gasteiger partial charge in [0.2, 0.25) is 0 Å². The maximum Gasteiger partial charge on any atom is 0.328 e. The summed E-state index contributed by atoms with van der Waals surface area (Å²) in [7, 11) is 0. The largest absolute Gasteiger partial charge is 0.345 e. The highest BCUT2D eigenvalue weighted by Gasteiger charge is 2.21. The molecule has 0 spiro atoms. The van der Waals surface area contributed by atoms with Gasteiger partial charge in [-0.25, -0.2) is 4.68 Å². The molecular formula is C23H25BrN4O3. The molecule has 3 N–H and O–H groups in total. The lowest BCUT2D eigenvalue weighted by molar-refractivity contribution is -0.137. The zero-order valence-electron chi connectivity index (χ0n) is 17.9. The normalized spacial score (nSPS) is 11.8. The fourth-order valence-electron chi connectivity index (χ4n) is 3.26. The minimum Gasteiger partial charge on any atom is -0.345 e. The van der Waals surface area contributed by atoms with E-state index in [1.54, 1.807) is 18.2 Å².